The Balaban J connectivity index is 1.72. The van der Waals surface area contributed by atoms with E-state index in [0.717, 1.165) is 31.2 Å². The van der Waals surface area contributed by atoms with Crippen molar-refractivity contribution in [1.29, 1.82) is 0 Å². The topological polar surface area (TPSA) is 58.6 Å². The van der Waals surface area contributed by atoms with Gasteiger partial charge in [-0.25, -0.2) is 0 Å². The number of aryl methyl sites for hydroxylation is 1. The molecule has 29 heavy (non-hydrogen) atoms. The van der Waals surface area contributed by atoms with Crippen LogP contribution in [0.4, 0.5) is 5.69 Å². The third kappa shape index (κ3) is 5.17. The van der Waals surface area contributed by atoms with Crippen LogP contribution in [0, 0.1) is 6.92 Å². The van der Waals surface area contributed by atoms with Crippen LogP contribution in [0.3, 0.4) is 0 Å². The van der Waals surface area contributed by atoms with Crippen LogP contribution in [0.25, 0.3) is 0 Å². The molecule has 154 valence electrons. The van der Waals surface area contributed by atoms with Crippen LogP contribution in [0.2, 0.25) is 0 Å². The first-order valence-corrected chi connectivity index (χ1v) is 10.4. The number of hydrogen-bond acceptors (Lipinski definition) is 3. The van der Waals surface area contributed by atoms with Crippen molar-refractivity contribution in [3.05, 3.63) is 59.7 Å². The number of anilines is 1. The van der Waals surface area contributed by atoms with E-state index in [4.69, 9.17) is 4.74 Å². The second-order valence-corrected chi connectivity index (χ2v) is 7.75. The summed E-state index contributed by atoms with van der Waals surface area (Å²) >= 11 is 0. The summed E-state index contributed by atoms with van der Waals surface area (Å²) in [6.45, 7) is 3.68. The van der Waals surface area contributed by atoms with E-state index in [1.165, 1.54) is 11.3 Å². The third-order valence-electron chi connectivity index (χ3n) is 5.53. The quantitative estimate of drug-likeness (QED) is 0.785. The highest BCUT2D eigenvalue weighted by atomic mass is 16.5. The highest BCUT2D eigenvalue weighted by molar-refractivity contribution is 6.05. The lowest BCUT2D eigenvalue weighted by Crippen LogP contribution is -2.40. The summed E-state index contributed by atoms with van der Waals surface area (Å²) < 4.78 is 5.88. The molecule has 1 aliphatic carbocycles. The fourth-order valence-corrected chi connectivity index (χ4v) is 3.79. The number of nitrogens with zero attached hydrogens (tertiary/aromatic N) is 1. The number of nitrogens with one attached hydrogen (secondary N) is 1. The fraction of sp³-hybridized carbons (Fsp3) is 0.417. The van der Waals surface area contributed by atoms with E-state index in [1.54, 1.807) is 26.1 Å². The van der Waals surface area contributed by atoms with E-state index < -0.39 is 6.10 Å². The van der Waals surface area contributed by atoms with Crippen molar-refractivity contribution in [2.24, 2.45) is 0 Å². The number of benzene rings is 2. The van der Waals surface area contributed by atoms with Gasteiger partial charge in [0.15, 0.2) is 6.10 Å². The number of carbonyl (C=O) groups is 2. The Kier molecular flexibility index (Phi) is 6.91. The molecular formula is C24H30N2O3. The van der Waals surface area contributed by atoms with E-state index in [1.807, 2.05) is 43.3 Å². The molecule has 5 nitrogen and oxygen atoms in total. The Morgan fingerprint density at radius 2 is 1.69 bits per heavy atom. The highest BCUT2D eigenvalue weighted by Gasteiger charge is 2.25. The van der Waals surface area contributed by atoms with E-state index in [2.05, 4.69) is 5.32 Å². The van der Waals surface area contributed by atoms with Crippen LogP contribution in [0.15, 0.2) is 48.5 Å². The maximum Gasteiger partial charge on any atom is 0.267 e. The first-order valence-electron chi connectivity index (χ1n) is 10.4. The van der Waals surface area contributed by atoms with Gasteiger partial charge in [0.2, 0.25) is 0 Å². The Hall–Kier alpha value is -2.82. The van der Waals surface area contributed by atoms with Gasteiger partial charge in [-0.2, -0.15) is 0 Å². The van der Waals surface area contributed by atoms with Gasteiger partial charge in [-0.15, -0.1) is 0 Å². The van der Waals surface area contributed by atoms with Crippen LogP contribution >= 0.6 is 0 Å². The molecule has 1 fully saturated rings. The van der Waals surface area contributed by atoms with Gasteiger partial charge < -0.3 is 15.0 Å². The largest absolute Gasteiger partial charge is 0.481 e. The molecule has 1 N–H and O–H groups in total. The Morgan fingerprint density at radius 3 is 2.41 bits per heavy atom. The van der Waals surface area contributed by atoms with Crippen LogP contribution in [0.1, 0.15) is 54.9 Å². The van der Waals surface area contributed by atoms with E-state index >= 15 is 0 Å². The summed E-state index contributed by atoms with van der Waals surface area (Å²) in [6.07, 6.45) is 4.90. The van der Waals surface area contributed by atoms with Gasteiger partial charge in [-0.3, -0.25) is 9.59 Å². The summed E-state index contributed by atoms with van der Waals surface area (Å²) in [4.78, 5) is 27.4. The van der Waals surface area contributed by atoms with Crippen molar-refractivity contribution in [1.82, 2.24) is 5.32 Å². The minimum atomic E-state index is -0.671. The fourth-order valence-electron chi connectivity index (χ4n) is 3.79. The first-order chi connectivity index (χ1) is 14.0. The first kappa shape index (κ1) is 20.9. The molecule has 1 aliphatic rings. The molecular weight excluding hydrogens is 364 g/mol. The second kappa shape index (κ2) is 9.59. The molecule has 2 aromatic rings. The zero-order chi connectivity index (χ0) is 20.8. The molecule has 1 atom stereocenters. The molecule has 1 unspecified atom stereocenters. The predicted octanol–water partition coefficient (Wildman–Crippen LogP) is 4.49. The average molecular weight is 395 g/mol. The molecule has 1 saturated carbocycles. The smallest absolute Gasteiger partial charge is 0.267 e. The highest BCUT2D eigenvalue weighted by Crippen LogP contribution is 2.24. The normalized spacial score (nSPS) is 15.4. The third-order valence-corrected chi connectivity index (χ3v) is 5.53. The van der Waals surface area contributed by atoms with Gasteiger partial charge in [-0.05, 0) is 50.5 Å². The maximum absolute atomic E-state index is 13.0. The molecule has 0 aliphatic heterocycles. The number of carbonyl (C=O) groups excluding carboxylic acids is 2. The summed E-state index contributed by atoms with van der Waals surface area (Å²) in [6, 6.07) is 15.1. The standard InChI is InChI=1S/C24H30N2O3/c1-17-11-7-10-16-22(17)29-18(2)24(28)26(3)21-15-9-8-14-20(21)23(27)25-19-12-5-4-6-13-19/h7-11,14-16,18-19H,4-6,12-13H2,1-3H3,(H,25,27). The van der Waals surface area contributed by atoms with E-state index in [0.29, 0.717) is 17.0 Å². The Bertz CT molecular complexity index is 859. The van der Waals surface area contributed by atoms with E-state index in [9.17, 15) is 9.59 Å². The van der Waals surface area contributed by atoms with Gasteiger partial charge in [0, 0.05) is 13.1 Å². The molecule has 0 heterocycles. The van der Waals surface area contributed by atoms with Crippen LogP contribution in [-0.2, 0) is 4.79 Å². The molecule has 5 heteroatoms. The van der Waals surface area contributed by atoms with Gasteiger partial charge in [-0.1, -0.05) is 49.6 Å². The Morgan fingerprint density at radius 1 is 1.03 bits per heavy atom. The molecule has 0 radical (unpaired) electrons. The van der Waals surface area contributed by atoms with Crippen molar-refractivity contribution in [2.75, 3.05) is 11.9 Å². The zero-order valence-electron chi connectivity index (χ0n) is 17.5. The number of likely N-dealkylation sites (N-methyl/N-ethyl adjacent to an activating group) is 1. The summed E-state index contributed by atoms with van der Waals surface area (Å²) in [5.74, 6) is 0.357. The lowest BCUT2D eigenvalue weighted by atomic mass is 9.95. The van der Waals surface area contributed by atoms with Crippen molar-refractivity contribution in [3.8, 4) is 5.75 Å². The molecule has 0 saturated heterocycles. The van der Waals surface area contributed by atoms with Crippen molar-refractivity contribution >= 4 is 17.5 Å². The molecule has 0 spiro atoms. The molecule has 2 aromatic carbocycles. The second-order valence-electron chi connectivity index (χ2n) is 7.75. The number of ether oxygens (including phenoxy) is 1. The zero-order valence-corrected chi connectivity index (χ0v) is 17.5. The van der Waals surface area contributed by atoms with Gasteiger partial charge in [0.1, 0.15) is 5.75 Å². The van der Waals surface area contributed by atoms with Gasteiger partial charge >= 0.3 is 0 Å². The van der Waals surface area contributed by atoms with Crippen molar-refractivity contribution in [2.45, 2.75) is 58.1 Å². The number of para-hydroxylation sites is 2. The molecule has 0 aromatic heterocycles. The van der Waals surface area contributed by atoms with Crippen LogP contribution in [-0.4, -0.2) is 31.0 Å². The summed E-state index contributed by atoms with van der Waals surface area (Å²) in [7, 11) is 1.69. The van der Waals surface area contributed by atoms with Crippen LogP contribution < -0.4 is 15.0 Å². The average Bonchev–Trinajstić information content (AvgIpc) is 2.75. The van der Waals surface area contributed by atoms with Gasteiger partial charge in [0.05, 0.1) is 11.3 Å². The molecule has 2 amide bonds. The predicted molar refractivity (Wildman–Crippen MR) is 115 cm³/mol. The SMILES string of the molecule is Cc1ccccc1OC(C)C(=O)N(C)c1ccccc1C(=O)NC1CCCCC1. The van der Waals surface area contributed by atoms with Crippen molar-refractivity contribution < 1.29 is 14.3 Å². The minimum Gasteiger partial charge on any atom is -0.481 e. The van der Waals surface area contributed by atoms with Crippen LogP contribution in [0.5, 0.6) is 5.75 Å². The summed E-state index contributed by atoms with van der Waals surface area (Å²) in [5.41, 5.74) is 2.07. The molecule has 0 bridgehead atoms. The maximum atomic E-state index is 13.0. The lowest BCUT2D eigenvalue weighted by molar-refractivity contribution is -0.124. The number of amides is 2. The van der Waals surface area contributed by atoms with Crippen molar-refractivity contribution in [3.63, 3.8) is 0 Å². The van der Waals surface area contributed by atoms with E-state index in [-0.39, 0.29) is 17.9 Å². The lowest BCUT2D eigenvalue weighted by Gasteiger charge is -2.26. The minimum absolute atomic E-state index is 0.125. The summed E-state index contributed by atoms with van der Waals surface area (Å²) in [5, 5.41) is 3.14. The number of hydrogen-bond donors (Lipinski definition) is 1. The Labute approximate surface area is 173 Å². The number of rotatable bonds is 6. The monoisotopic (exact) mass is 394 g/mol. The van der Waals surface area contributed by atoms with Gasteiger partial charge in [0.25, 0.3) is 11.8 Å². The molecule has 3 rings (SSSR count).